The number of primary amides is 1. The number of para-hydroxylation sites is 2. The number of aromatic nitrogens is 6. The Kier molecular flexibility index (Phi) is 12.5. The van der Waals surface area contributed by atoms with E-state index < -0.39 is 23.8 Å². The average Bonchev–Trinajstić information content (AvgIpc) is 3.65. The van der Waals surface area contributed by atoms with Crippen molar-refractivity contribution in [1.82, 2.24) is 39.5 Å². The van der Waals surface area contributed by atoms with E-state index in [1.807, 2.05) is 48.5 Å². The largest absolute Gasteiger partial charge is 0.444 e. The molecule has 0 spiro atoms. The molecule has 2 aliphatic rings. The van der Waals surface area contributed by atoms with Crippen molar-refractivity contribution in [3.8, 4) is 17.1 Å². The highest BCUT2D eigenvalue weighted by molar-refractivity contribution is 6.07. The monoisotopic (exact) mass is 830 g/mol. The molecule has 5 heterocycles. The van der Waals surface area contributed by atoms with Crippen molar-refractivity contribution < 1.29 is 33.1 Å². The number of hydrogen-bond donors (Lipinski definition) is 4. The molecule has 1 saturated heterocycles. The maximum Gasteiger partial charge on any atom is 0.329 e. The number of amides is 4. The molecule has 1 unspecified atom stereocenters. The summed E-state index contributed by atoms with van der Waals surface area (Å²) in [6.07, 6.45) is 9.49. The van der Waals surface area contributed by atoms with Crippen LogP contribution < -0.4 is 27.4 Å². The number of nitrogens with zero attached hydrogens (tertiary/aromatic N) is 6. The molecule has 18 heteroatoms. The first-order valence-electron chi connectivity index (χ1n) is 20.3. The number of piperidine rings is 1. The molecule has 0 radical (unpaired) electrons. The van der Waals surface area contributed by atoms with E-state index in [1.165, 1.54) is 34.6 Å². The third-order valence-corrected chi connectivity index (χ3v) is 10.7. The molecular formula is C43H46N10O8. The first-order valence-corrected chi connectivity index (χ1v) is 20.3. The van der Waals surface area contributed by atoms with E-state index in [2.05, 4.69) is 31.0 Å². The molecule has 1 aliphatic carbocycles. The number of carbonyl (C=O) groups is 4. The zero-order chi connectivity index (χ0) is 42.3. The lowest BCUT2D eigenvalue weighted by atomic mass is 10.1. The number of rotatable bonds is 20. The van der Waals surface area contributed by atoms with Crippen LogP contribution in [0.25, 0.3) is 28.2 Å². The quantitative estimate of drug-likeness (QED) is 0.0640. The van der Waals surface area contributed by atoms with E-state index in [1.54, 1.807) is 22.9 Å². The Bertz CT molecular complexity index is 2600. The Morgan fingerprint density at radius 3 is 2.51 bits per heavy atom. The van der Waals surface area contributed by atoms with Crippen LogP contribution in [0.4, 0.5) is 5.69 Å². The van der Waals surface area contributed by atoms with Crippen molar-refractivity contribution in [2.45, 2.75) is 57.7 Å². The number of imidazole rings is 1. The number of aryl methyl sites for hydroxylation is 1. The van der Waals surface area contributed by atoms with Crippen molar-refractivity contribution in [1.29, 1.82) is 0 Å². The van der Waals surface area contributed by atoms with Crippen LogP contribution in [-0.2, 0) is 38.6 Å². The zero-order valence-corrected chi connectivity index (χ0v) is 33.4. The third-order valence-electron chi connectivity index (χ3n) is 10.7. The van der Waals surface area contributed by atoms with Crippen LogP contribution in [0, 0.1) is 5.92 Å². The fourth-order valence-electron chi connectivity index (χ4n) is 7.28. The van der Waals surface area contributed by atoms with Gasteiger partial charge in [0.1, 0.15) is 12.3 Å². The summed E-state index contributed by atoms with van der Waals surface area (Å²) in [6.45, 7) is 2.91. The van der Waals surface area contributed by atoms with Gasteiger partial charge in [-0.15, -0.1) is 0 Å². The highest BCUT2D eigenvalue weighted by Gasteiger charge is 2.31. The number of hydrogen-bond acceptors (Lipinski definition) is 12. The lowest BCUT2D eigenvalue weighted by Gasteiger charge is -2.21. The molecule has 0 bridgehead atoms. The normalized spacial score (nSPS) is 15.3. The van der Waals surface area contributed by atoms with Gasteiger partial charge < -0.3 is 30.3 Å². The van der Waals surface area contributed by atoms with Gasteiger partial charge >= 0.3 is 5.69 Å². The number of benzene rings is 2. The smallest absolute Gasteiger partial charge is 0.329 e. The lowest BCUT2D eigenvalue weighted by molar-refractivity contribution is -0.135. The Morgan fingerprint density at radius 2 is 1.74 bits per heavy atom. The standard InChI is InChI=1S/C43H46N10O8/c44-39(55)38-32(47-40(56)33-26-61-42(48-33)29-15-16-46-30(23-29)10-7-27-5-6-27)25-52(50-38)31-11-8-28(9-12-31)24-45-17-19-59-21-22-60-20-18-51-34-3-1-2-4-35(34)53(43(51)58)36-13-14-37(54)49-41(36)57/h1-4,8-9,11-12,15-16,23,25-27,36,45H,5-7,10,13-14,17-22,24H2,(H2,44,55)(H,47,56)(H,49,54,57). The van der Waals surface area contributed by atoms with E-state index in [9.17, 15) is 24.0 Å². The first-order chi connectivity index (χ1) is 29.7. The van der Waals surface area contributed by atoms with Crippen molar-refractivity contribution in [3.63, 3.8) is 0 Å². The summed E-state index contributed by atoms with van der Waals surface area (Å²) < 4.78 is 21.6. The Morgan fingerprint density at radius 1 is 0.951 bits per heavy atom. The summed E-state index contributed by atoms with van der Waals surface area (Å²) in [5.74, 6) is -1.11. The van der Waals surface area contributed by atoms with Crippen LogP contribution >= 0.6 is 0 Å². The zero-order valence-electron chi connectivity index (χ0n) is 33.4. The fourth-order valence-corrected chi connectivity index (χ4v) is 7.28. The molecular weight excluding hydrogens is 785 g/mol. The van der Waals surface area contributed by atoms with Crippen LogP contribution in [0.15, 0.2) is 88.5 Å². The van der Waals surface area contributed by atoms with E-state index in [0.717, 1.165) is 35.6 Å². The van der Waals surface area contributed by atoms with E-state index in [4.69, 9.17) is 19.6 Å². The number of ether oxygens (including phenoxy) is 2. The highest BCUT2D eigenvalue weighted by Crippen LogP contribution is 2.33. The van der Waals surface area contributed by atoms with Crippen LogP contribution in [0.3, 0.4) is 0 Å². The number of oxazole rings is 1. The van der Waals surface area contributed by atoms with Gasteiger partial charge in [-0.25, -0.2) is 14.5 Å². The summed E-state index contributed by atoms with van der Waals surface area (Å²) in [4.78, 5) is 71.8. The van der Waals surface area contributed by atoms with Gasteiger partial charge in [0.15, 0.2) is 11.4 Å². The lowest BCUT2D eigenvalue weighted by Crippen LogP contribution is -2.44. The van der Waals surface area contributed by atoms with E-state index in [0.29, 0.717) is 62.1 Å². The molecule has 18 nitrogen and oxygen atoms in total. The van der Waals surface area contributed by atoms with Gasteiger partial charge in [-0.1, -0.05) is 37.1 Å². The summed E-state index contributed by atoms with van der Waals surface area (Å²) >= 11 is 0. The van der Waals surface area contributed by atoms with Crippen LogP contribution in [-0.4, -0.2) is 85.5 Å². The SMILES string of the molecule is NC(=O)c1nn(-c2ccc(CNCCOCCOCCn3c(=O)n(C4CCC(=O)NC4=O)c4ccccc43)cc2)cc1NC(=O)c1coc(-c2ccnc(CCC3CC3)c2)n1. The molecule has 6 aromatic rings. The maximum atomic E-state index is 13.4. The number of imide groups is 1. The highest BCUT2D eigenvalue weighted by atomic mass is 16.5. The summed E-state index contributed by atoms with van der Waals surface area (Å²) in [5.41, 5.74) is 10.0. The van der Waals surface area contributed by atoms with Crippen LogP contribution in [0.2, 0.25) is 0 Å². The fraction of sp³-hybridized carbons (Fsp3) is 0.349. The summed E-state index contributed by atoms with van der Waals surface area (Å²) in [7, 11) is 0. The topological polar surface area (TPSA) is 233 Å². The number of nitrogens with one attached hydrogen (secondary N) is 3. The van der Waals surface area contributed by atoms with Crippen molar-refractivity contribution >= 4 is 40.3 Å². The molecule has 5 N–H and O–H groups in total. The minimum absolute atomic E-state index is 0.0338. The number of fused-ring (bicyclic) bond motifs is 1. The predicted molar refractivity (Wildman–Crippen MR) is 222 cm³/mol. The first kappa shape index (κ1) is 41.0. The Hall–Kier alpha value is -6.76. The molecule has 1 aliphatic heterocycles. The van der Waals surface area contributed by atoms with Gasteiger partial charge in [-0.3, -0.25) is 38.6 Å². The van der Waals surface area contributed by atoms with Crippen LogP contribution in [0.5, 0.6) is 0 Å². The molecule has 1 atom stereocenters. The maximum absolute atomic E-state index is 13.4. The van der Waals surface area contributed by atoms with Crippen molar-refractivity contribution in [3.05, 3.63) is 112 Å². The summed E-state index contributed by atoms with van der Waals surface area (Å²) in [5, 5.41) is 12.7. The minimum Gasteiger partial charge on any atom is -0.444 e. The van der Waals surface area contributed by atoms with Crippen molar-refractivity contribution in [2.24, 2.45) is 11.7 Å². The second-order valence-electron chi connectivity index (χ2n) is 15.0. The molecule has 2 aromatic carbocycles. The van der Waals surface area contributed by atoms with Gasteiger partial charge in [0.05, 0.1) is 61.6 Å². The molecule has 4 amide bonds. The molecule has 61 heavy (non-hydrogen) atoms. The molecule has 8 rings (SSSR count). The number of carbonyl (C=O) groups excluding carboxylic acids is 4. The van der Waals surface area contributed by atoms with Gasteiger partial charge in [0.25, 0.3) is 11.8 Å². The second-order valence-corrected chi connectivity index (χ2v) is 15.0. The average molecular weight is 831 g/mol. The van der Waals surface area contributed by atoms with E-state index >= 15 is 0 Å². The number of anilines is 1. The van der Waals surface area contributed by atoms with Gasteiger partial charge in [0.2, 0.25) is 17.7 Å². The van der Waals surface area contributed by atoms with E-state index in [-0.39, 0.29) is 48.1 Å². The Labute approximate surface area is 349 Å². The minimum atomic E-state index is -0.801. The predicted octanol–water partition coefficient (Wildman–Crippen LogP) is 3.53. The van der Waals surface area contributed by atoms with Gasteiger partial charge in [-0.05, 0) is 67.1 Å². The van der Waals surface area contributed by atoms with Gasteiger partial charge in [0, 0.05) is 37.0 Å². The van der Waals surface area contributed by atoms with Crippen molar-refractivity contribution in [2.75, 3.05) is 38.3 Å². The third kappa shape index (κ3) is 9.83. The second kappa shape index (κ2) is 18.7. The molecule has 316 valence electrons. The number of nitrogens with two attached hydrogens (primary N) is 1. The Balaban J connectivity index is 0.758. The molecule has 1 saturated carbocycles. The number of pyridine rings is 1. The van der Waals surface area contributed by atoms with Gasteiger partial charge in [-0.2, -0.15) is 5.10 Å². The summed E-state index contributed by atoms with van der Waals surface area (Å²) in [6, 6.07) is 17.7. The molecule has 2 fully saturated rings. The van der Waals surface area contributed by atoms with Crippen LogP contribution in [0.1, 0.15) is 70.4 Å². The molecule has 4 aromatic heterocycles.